The minimum Gasteiger partial charge on any atom is -0.481 e. The molecule has 1 aromatic carbocycles. The Morgan fingerprint density at radius 2 is 1.89 bits per heavy atom. The second-order valence-corrected chi connectivity index (χ2v) is 9.89. The molecule has 9 heteroatoms. The van der Waals surface area contributed by atoms with E-state index in [0.717, 1.165) is 30.6 Å². The van der Waals surface area contributed by atoms with Crippen molar-refractivity contribution in [1.82, 2.24) is 9.97 Å². The molecule has 0 bridgehead atoms. The maximum atomic E-state index is 12.9. The lowest BCUT2D eigenvalue weighted by Crippen LogP contribution is -2.40. The summed E-state index contributed by atoms with van der Waals surface area (Å²) in [5.74, 6) is -0.724. The fourth-order valence-electron chi connectivity index (χ4n) is 4.94. The van der Waals surface area contributed by atoms with E-state index in [1.54, 1.807) is 0 Å². The summed E-state index contributed by atoms with van der Waals surface area (Å²) in [4.78, 5) is 34.6. The average molecular weight is 477 g/mol. The van der Waals surface area contributed by atoms with Crippen LogP contribution in [0.25, 0.3) is 0 Å². The van der Waals surface area contributed by atoms with Crippen LogP contribution in [0.2, 0.25) is 0 Å². The quantitative estimate of drug-likeness (QED) is 0.490. The van der Waals surface area contributed by atoms with E-state index >= 15 is 0 Å². The number of anilines is 3. The summed E-state index contributed by atoms with van der Waals surface area (Å²) in [5.41, 5.74) is 2.91. The van der Waals surface area contributed by atoms with Crippen LogP contribution in [0.3, 0.4) is 0 Å². The first-order valence-electron chi connectivity index (χ1n) is 12.3. The largest absolute Gasteiger partial charge is 0.481 e. The molecule has 35 heavy (non-hydrogen) atoms. The number of hydrogen-bond donors (Lipinski definition) is 3. The molecular weight excluding hydrogens is 444 g/mol. The molecule has 1 unspecified atom stereocenters. The number of benzene rings is 1. The molecule has 3 N–H and O–H groups in total. The van der Waals surface area contributed by atoms with Crippen molar-refractivity contribution in [3.63, 3.8) is 0 Å². The third-order valence-corrected chi connectivity index (χ3v) is 6.70. The molecule has 9 nitrogen and oxygen atoms in total. The predicted octanol–water partition coefficient (Wildman–Crippen LogP) is 4.98. The highest BCUT2D eigenvalue weighted by molar-refractivity contribution is 6.02. The number of carbonyl (C=O) groups excluding carboxylic acids is 1. The normalized spacial score (nSPS) is 19.6. The maximum Gasteiger partial charge on any atom is 0.323 e. The Morgan fingerprint density at radius 1 is 1.17 bits per heavy atom. The van der Waals surface area contributed by atoms with Gasteiger partial charge in [-0.05, 0) is 48.8 Å². The van der Waals surface area contributed by atoms with Gasteiger partial charge in [0, 0.05) is 12.6 Å². The van der Waals surface area contributed by atoms with Gasteiger partial charge in [-0.15, -0.1) is 0 Å². The lowest BCUT2D eigenvalue weighted by atomic mass is 9.92. The Morgan fingerprint density at radius 3 is 2.49 bits per heavy atom. The van der Waals surface area contributed by atoms with Crippen LogP contribution in [0, 0.1) is 23.2 Å². The number of aromatic nitrogens is 2. The van der Waals surface area contributed by atoms with E-state index < -0.39 is 12.0 Å². The van der Waals surface area contributed by atoms with Gasteiger partial charge in [0.05, 0.1) is 35.4 Å². The third-order valence-electron chi connectivity index (χ3n) is 6.70. The van der Waals surface area contributed by atoms with Gasteiger partial charge >= 0.3 is 12.0 Å². The van der Waals surface area contributed by atoms with E-state index in [4.69, 9.17) is 5.26 Å². The van der Waals surface area contributed by atoms with Gasteiger partial charge in [-0.2, -0.15) is 5.26 Å². The molecule has 2 amide bonds. The Balaban J connectivity index is 1.62. The molecule has 0 radical (unpaired) electrons. The number of hydrogen-bond acceptors (Lipinski definition) is 6. The van der Waals surface area contributed by atoms with Crippen molar-refractivity contribution in [1.29, 1.82) is 5.26 Å². The number of aliphatic carboxylic acids is 1. The zero-order valence-electron chi connectivity index (χ0n) is 20.2. The molecule has 2 aliphatic rings. The van der Waals surface area contributed by atoms with Crippen LogP contribution >= 0.6 is 0 Å². The monoisotopic (exact) mass is 476 g/mol. The fourth-order valence-corrected chi connectivity index (χ4v) is 4.94. The van der Waals surface area contributed by atoms with E-state index in [1.165, 1.54) is 31.7 Å². The second kappa shape index (κ2) is 10.7. The molecule has 2 atom stereocenters. The van der Waals surface area contributed by atoms with Crippen LogP contribution in [0.4, 0.5) is 21.9 Å². The fraction of sp³-hybridized carbons (Fsp3) is 0.500. The number of nitriles is 1. The summed E-state index contributed by atoms with van der Waals surface area (Å²) in [6.45, 7) is 5.25. The zero-order chi connectivity index (χ0) is 24.9. The van der Waals surface area contributed by atoms with Crippen molar-refractivity contribution in [2.24, 2.45) is 11.8 Å². The minimum atomic E-state index is -0.782. The molecule has 0 saturated heterocycles. The number of nitrogens with zero attached hydrogens (tertiary/aromatic N) is 4. The SMILES string of the molecule is CC(C)CN(c1ccc([C@H]2CC2C(=O)O)cc1NC(=O)Nc1cnc(C#N)nc1)C1CCCCC1. The highest BCUT2D eigenvalue weighted by Gasteiger charge is 2.44. The first kappa shape index (κ1) is 24.5. The number of carbonyl (C=O) groups is 2. The van der Waals surface area contributed by atoms with Crippen LogP contribution in [-0.4, -0.2) is 39.7 Å². The molecule has 184 valence electrons. The summed E-state index contributed by atoms with van der Waals surface area (Å²) in [6, 6.07) is 7.77. The summed E-state index contributed by atoms with van der Waals surface area (Å²) in [6.07, 6.45) is 9.27. The topological polar surface area (TPSA) is 131 Å². The van der Waals surface area contributed by atoms with Gasteiger partial charge in [-0.3, -0.25) is 4.79 Å². The molecule has 2 saturated carbocycles. The Hall–Kier alpha value is -3.67. The zero-order valence-corrected chi connectivity index (χ0v) is 20.2. The maximum absolute atomic E-state index is 12.9. The average Bonchev–Trinajstić information content (AvgIpc) is 3.65. The van der Waals surface area contributed by atoms with E-state index in [1.807, 2.05) is 24.3 Å². The summed E-state index contributed by atoms with van der Waals surface area (Å²) < 4.78 is 0. The smallest absolute Gasteiger partial charge is 0.323 e. The van der Waals surface area contributed by atoms with Crippen LogP contribution < -0.4 is 15.5 Å². The van der Waals surface area contributed by atoms with Gasteiger partial charge in [-0.1, -0.05) is 39.2 Å². The predicted molar refractivity (Wildman–Crippen MR) is 133 cm³/mol. The molecule has 2 aromatic rings. The van der Waals surface area contributed by atoms with E-state index in [9.17, 15) is 14.7 Å². The Bertz CT molecular complexity index is 1110. The lowest BCUT2D eigenvalue weighted by molar-refractivity contribution is -0.138. The highest BCUT2D eigenvalue weighted by Crippen LogP contribution is 2.49. The number of rotatable bonds is 8. The molecular formula is C26H32N6O3. The van der Waals surface area contributed by atoms with E-state index in [-0.39, 0.29) is 17.7 Å². The molecule has 1 aromatic heterocycles. The van der Waals surface area contributed by atoms with Gasteiger partial charge in [-0.25, -0.2) is 14.8 Å². The van der Waals surface area contributed by atoms with Crippen LogP contribution in [0.5, 0.6) is 0 Å². The van der Waals surface area contributed by atoms with Gasteiger partial charge in [0.25, 0.3) is 0 Å². The third kappa shape index (κ3) is 6.07. The molecule has 0 aliphatic heterocycles. The summed E-state index contributed by atoms with van der Waals surface area (Å²) >= 11 is 0. The highest BCUT2D eigenvalue weighted by atomic mass is 16.4. The van der Waals surface area contributed by atoms with E-state index in [0.29, 0.717) is 29.8 Å². The first-order valence-corrected chi connectivity index (χ1v) is 12.3. The van der Waals surface area contributed by atoms with Crippen molar-refractivity contribution in [2.45, 2.75) is 64.3 Å². The Labute approximate surface area is 205 Å². The number of carboxylic acids is 1. The van der Waals surface area contributed by atoms with Crippen molar-refractivity contribution < 1.29 is 14.7 Å². The molecule has 4 rings (SSSR count). The van der Waals surface area contributed by atoms with Crippen molar-refractivity contribution in [2.75, 3.05) is 22.1 Å². The molecule has 2 aliphatic carbocycles. The van der Waals surface area contributed by atoms with E-state index in [2.05, 4.69) is 39.3 Å². The van der Waals surface area contributed by atoms with Gasteiger partial charge in [0.2, 0.25) is 5.82 Å². The molecule has 2 fully saturated rings. The summed E-state index contributed by atoms with van der Waals surface area (Å²) in [5, 5.41) is 24.0. The first-order chi connectivity index (χ1) is 16.9. The number of nitrogens with one attached hydrogen (secondary N) is 2. The number of carboxylic acid groups (broad SMARTS) is 1. The second-order valence-electron chi connectivity index (χ2n) is 9.89. The van der Waals surface area contributed by atoms with Crippen LogP contribution in [0.1, 0.15) is 69.7 Å². The van der Waals surface area contributed by atoms with Crippen molar-refractivity contribution >= 4 is 29.1 Å². The van der Waals surface area contributed by atoms with Gasteiger partial charge < -0.3 is 20.6 Å². The standard InChI is InChI=1S/C26H32N6O3/c1-16(2)15-32(19-6-4-3-5-7-19)23-9-8-17(20-11-21(20)25(33)34)10-22(23)31-26(35)30-18-13-28-24(12-27)29-14-18/h8-10,13-14,16,19-21H,3-7,11,15H2,1-2H3,(H,33,34)(H2,30,31,35)/t20-,21?/m1/s1. The molecule has 0 spiro atoms. The van der Waals surface area contributed by atoms with Crippen LogP contribution in [0.15, 0.2) is 30.6 Å². The van der Waals surface area contributed by atoms with Crippen molar-refractivity contribution in [3.8, 4) is 6.07 Å². The summed E-state index contributed by atoms with van der Waals surface area (Å²) in [7, 11) is 0. The Kier molecular flexibility index (Phi) is 7.49. The van der Waals surface area contributed by atoms with Gasteiger partial charge in [0.15, 0.2) is 0 Å². The van der Waals surface area contributed by atoms with Crippen LogP contribution in [-0.2, 0) is 4.79 Å². The molecule has 1 heterocycles. The lowest BCUT2D eigenvalue weighted by Gasteiger charge is -2.38. The van der Waals surface area contributed by atoms with Crippen molar-refractivity contribution in [3.05, 3.63) is 42.0 Å². The minimum absolute atomic E-state index is 0.0279. The van der Waals surface area contributed by atoms with Gasteiger partial charge in [0.1, 0.15) is 6.07 Å². The number of amides is 2. The number of urea groups is 1.